The maximum Gasteiger partial charge on any atom is 0.272 e. The minimum Gasteiger partial charge on any atom is -0.324 e. The number of hydrogen-bond donors (Lipinski definition) is 1. The molecule has 5 rings (SSSR count). The second-order valence-electron chi connectivity index (χ2n) is 7.76. The van der Waals surface area contributed by atoms with Gasteiger partial charge in [-0.05, 0) is 43.7 Å². The number of amides is 1. The van der Waals surface area contributed by atoms with E-state index in [1.807, 2.05) is 42.5 Å². The standard InChI is InChI=1S/C25H19FN4O2S/c1-14-8-9-17(12-19(14)26)28-21(31)13-30-15(2)27-22-18-10-11-20(16-6-4-3-5-7-16)29-24(18)33-23(22)25(30)32/h3-12H,13H2,1-2H3,(H,28,31). The first-order valence-electron chi connectivity index (χ1n) is 10.3. The van der Waals surface area contributed by atoms with E-state index >= 15 is 0 Å². The molecule has 0 fully saturated rings. The number of aryl methyl sites for hydroxylation is 2. The molecule has 0 aliphatic carbocycles. The Kier molecular flexibility index (Phi) is 5.22. The smallest absolute Gasteiger partial charge is 0.272 e. The lowest BCUT2D eigenvalue weighted by Gasteiger charge is -2.10. The molecular weight excluding hydrogens is 439 g/mol. The van der Waals surface area contributed by atoms with Gasteiger partial charge in [-0.2, -0.15) is 0 Å². The molecule has 0 aliphatic rings. The van der Waals surface area contributed by atoms with E-state index in [4.69, 9.17) is 4.98 Å². The molecule has 0 aliphatic heterocycles. The normalized spacial score (nSPS) is 11.2. The van der Waals surface area contributed by atoms with Crippen molar-refractivity contribution in [2.75, 3.05) is 5.32 Å². The molecule has 0 saturated carbocycles. The summed E-state index contributed by atoms with van der Waals surface area (Å²) in [7, 11) is 0. The van der Waals surface area contributed by atoms with Gasteiger partial charge in [0.25, 0.3) is 5.56 Å². The zero-order valence-corrected chi connectivity index (χ0v) is 18.7. The van der Waals surface area contributed by atoms with Crippen LogP contribution in [0.25, 0.3) is 31.7 Å². The molecule has 33 heavy (non-hydrogen) atoms. The van der Waals surface area contributed by atoms with Crippen molar-refractivity contribution < 1.29 is 9.18 Å². The third kappa shape index (κ3) is 3.89. The van der Waals surface area contributed by atoms with Crippen LogP contribution in [0.1, 0.15) is 11.4 Å². The summed E-state index contributed by atoms with van der Waals surface area (Å²) in [6.07, 6.45) is 0. The Hall–Kier alpha value is -3.91. The fraction of sp³-hybridized carbons (Fsp3) is 0.120. The van der Waals surface area contributed by atoms with E-state index < -0.39 is 11.7 Å². The predicted octanol–water partition coefficient (Wildman–Crippen LogP) is 5.07. The van der Waals surface area contributed by atoms with Gasteiger partial charge in [0.2, 0.25) is 5.91 Å². The van der Waals surface area contributed by atoms with Crippen LogP contribution < -0.4 is 10.9 Å². The third-order valence-corrected chi connectivity index (χ3v) is 6.54. The Morgan fingerprint density at radius 1 is 1.06 bits per heavy atom. The van der Waals surface area contributed by atoms with Gasteiger partial charge < -0.3 is 5.32 Å². The molecule has 3 heterocycles. The number of carbonyl (C=O) groups excluding carboxylic acids is 1. The molecule has 3 aromatic heterocycles. The Balaban J connectivity index is 1.50. The van der Waals surface area contributed by atoms with Crippen LogP contribution in [0.5, 0.6) is 0 Å². The zero-order valence-electron chi connectivity index (χ0n) is 17.9. The highest BCUT2D eigenvalue weighted by molar-refractivity contribution is 7.25. The maximum absolute atomic E-state index is 13.8. The number of carbonyl (C=O) groups is 1. The zero-order chi connectivity index (χ0) is 23.1. The van der Waals surface area contributed by atoms with Crippen molar-refractivity contribution in [2.24, 2.45) is 0 Å². The quantitative estimate of drug-likeness (QED) is 0.408. The molecule has 1 N–H and O–H groups in total. The van der Waals surface area contributed by atoms with Crippen LogP contribution >= 0.6 is 11.3 Å². The highest BCUT2D eigenvalue weighted by Crippen LogP contribution is 2.31. The summed E-state index contributed by atoms with van der Waals surface area (Å²) in [6.45, 7) is 3.11. The minimum absolute atomic E-state index is 0.222. The summed E-state index contributed by atoms with van der Waals surface area (Å²) < 4.78 is 15.6. The number of hydrogen-bond acceptors (Lipinski definition) is 5. The number of pyridine rings is 1. The monoisotopic (exact) mass is 458 g/mol. The molecule has 0 saturated heterocycles. The van der Waals surface area contributed by atoms with Crippen LogP contribution in [0.2, 0.25) is 0 Å². The lowest BCUT2D eigenvalue weighted by Crippen LogP contribution is -2.29. The van der Waals surface area contributed by atoms with Gasteiger partial charge in [0.15, 0.2) is 0 Å². The summed E-state index contributed by atoms with van der Waals surface area (Å²) in [4.78, 5) is 35.8. The molecule has 1 amide bonds. The van der Waals surface area contributed by atoms with Gasteiger partial charge in [-0.15, -0.1) is 11.3 Å². The molecule has 0 bridgehead atoms. The number of nitrogens with zero attached hydrogens (tertiary/aromatic N) is 3. The van der Waals surface area contributed by atoms with Crippen molar-refractivity contribution >= 4 is 43.4 Å². The lowest BCUT2D eigenvalue weighted by molar-refractivity contribution is -0.116. The van der Waals surface area contributed by atoms with E-state index in [1.165, 1.54) is 22.0 Å². The molecular formula is C25H19FN4O2S. The average molecular weight is 459 g/mol. The van der Waals surface area contributed by atoms with Gasteiger partial charge in [0, 0.05) is 16.6 Å². The summed E-state index contributed by atoms with van der Waals surface area (Å²) in [5, 5.41) is 3.44. The molecule has 6 nitrogen and oxygen atoms in total. The molecule has 164 valence electrons. The largest absolute Gasteiger partial charge is 0.324 e. The summed E-state index contributed by atoms with van der Waals surface area (Å²) in [5.41, 5.74) is 2.92. The molecule has 2 aromatic carbocycles. The first-order valence-corrected chi connectivity index (χ1v) is 11.1. The summed E-state index contributed by atoms with van der Waals surface area (Å²) in [5.74, 6) is -0.420. The highest BCUT2D eigenvalue weighted by Gasteiger charge is 2.17. The third-order valence-electron chi connectivity index (χ3n) is 5.46. The highest BCUT2D eigenvalue weighted by atomic mass is 32.1. The van der Waals surface area contributed by atoms with E-state index in [0.717, 1.165) is 16.6 Å². The van der Waals surface area contributed by atoms with E-state index in [1.54, 1.807) is 26.0 Å². The number of aromatic nitrogens is 3. The Morgan fingerprint density at radius 2 is 1.85 bits per heavy atom. The lowest BCUT2D eigenvalue weighted by atomic mass is 10.1. The van der Waals surface area contributed by atoms with Crippen LogP contribution in [-0.2, 0) is 11.3 Å². The number of fused-ring (bicyclic) bond motifs is 3. The van der Waals surface area contributed by atoms with Gasteiger partial charge in [0.1, 0.15) is 27.7 Å². The van der Waals surface area contributed by atoms with Crippen LogP contribution in [0.4, 0.5) is 10.1 Å². The van der Waals surface area contributed by atoms with E-state index in [0.29, 0.717) is 32.1 Å². The molecule has 0 atom stereocenters. The van der Waals surface area contributed by atoms with E-state index in [9.17, 15) is 14.0 Å². The summed E-state index contributed by atoms with van der Waals surface area (Å²) >= 11 is 1.27. The number of anilines is 1. The second kappa shape index (κ2) is 8.22. The number of halogens is 1. The van der Waals surface area contributed by atoms with Crippen LogP contribution in [0.15, 0.2) is 65.5 Å². The SMILES string of the molecule is Cc1ccc(NC(=O)Cn2c(C)nc3c(sc4nc(-c5ccccc5)ccc43)c2=O)cc1F. The van der Waals surface area contributed by atoms with Crippen LogP contribution in [0.3, 0.4) is 0 Å². The van der Waals surface area contributed by atoms with Crippen molar-refractivity contribution in [3.63, 3.8) is 0 Å². The van der Waals surface area contributed by atoms with Crippen molar-refractivity contribution in [3.8, 4) is 11.3 Å². The first-order chi connectivity index (χ1) is 15.9. The first kappa shape index (κ1) is 21.0. The van der Waals surface area contributed by atoms with Gasteiger partial charge in [-0.3, -0.25) is 14.2 Å². The van der Waals surface area contributed by atoms with Gasteiger partial charge in [0.05, 0.1) is 11.2 Å². The van der Waals surface area contributed by atoms with Gasteiger partial charge >= 0.3 is 0 Å². The van der Waals surface area contributed by atoms with E-state index in [2.05, 4.69) is 10.3 Å². The Labute approximate surface area is 192 Å². The second-order valence-corrected chi connectivity index (χ2v) is 8.76. The fourth-order valence-corrected chi connectivity index (χ4v) is 4.75. The molecule has 0 radical (unpaired) electrons. The Morgan fingerprint density at radius 3 is 2.61 bits per heavy atom. The van der Waals surface area contributed by atoms with Gasteiger partial charge in [-0.25, -0.2) is 14.4 Å². The molecule has 0 unspecified atom stereocenters. The predicted molar refractivity (Wildman–Crippen MR) is 129 cm³/mol. The topological polar surface area (TPSA) is 76.9 Å². The summed E-state index contributed by atoms with van der Waals surface area (Å²) in [6, 6.07) is 18.1. The molecule has 0 spiro atoms. The molecule has 8 heteroatoms. The van der Waals surface area contributed by atoms with E-state index in [-0.39, 0.29) is 12.1 Å². The van der Waals surface area contributed by atoms with Gasteiger partial charge in [-0.1, -0.05) is 36.4 Å². The van der Waals surface area contributed by atoms with Crippen molar-refractivity contribution in [1.29, 1.82) is 0 Å². The minimum atomic E-state index is -0.435. The maximum atomic E-state index is 13.8. The number of nitrogens with one attached hydrogen (secondary N) is 1. The van der Waals surface area contributed by atoms with Crippen molar-refractivity contribution in [3.05, 3.63) is 88.2 Å². The number of benzene rings is 2. The van der Waals surface area contributed by atoms with Crippen LogP contribution in [0, 0.1) is 19.7 Å². The number of rotatable bonds is 4. The van der Waals surface area contributed by atoms with Crippen molar-refractivity contribution in [2.45, 2.75) is 20.4 Å². The fourth-order valence-electron chi connectivity index (χ4n) is 3.68. The van der Waals surface area contributed by atoms with Crippen molar-refractivity contribution in [1.82, 2.24) is 14.5 Å². The number of thiophene rings is 1. The Bertz CT molecular complexity index is 1590. The average Bonchev–Trinajstić information content (AvgIpc) is 3.17. The molecule has 5 aromatic rings. The van der Waals surface area contributed by atoms with Crippen LogP contribution in [-0.4, -0.2) is 20.4 Å².